The van der Waals surface area contributed by atoms with Crippen LogP contribution in [0.1, 0.15) is 35.6 Å². The van der Waals surface area contributed by atoms with Gasteiger partial charge in [-0.05, 0) is 30.5 Å². The predicted octanol–water partition coefficient (Wildman–Crippen LogP) is 3.82. The molecular formula is C17H18FN. The van der Waals surface area contributed by atoms with E-state index in [-0.39, 0.29) is 11.9 Å². The molecule has 1 unspecified atom stereocenters. The van der Waals surface area contributed by atoms with Crippen molar-refractivity contribution in [3.05, 3.63) is 71.0 Å². The van der Waals surface area contributed by atoms with E-state index in [1.54, 1.807) is 6.07 Å². The Morgan fingerprint density at radius 1 is 1.16 bits per heavy atom. The molecule has 2 atom stereocenters. The van der Waals surface area contributed by atoms with Crippen molar-refractivity contribution >= 4 is 0 Å². The van der Waals surface area contributed by atoms with Gasteiger partial charge in [-0.2, -0.15) is 0 Å². The molecule has 1 nitrogen and oxygen atoms in total. The van der Waals surface area contributed by atoms with Crippen molar-refractivity contribution in [3.8, 4) is 0 Å². The number of fused-ring (bicyclic) bond motifs is 1. The number of benzene rings is 2. The second-order valence-electron chi connectivity index (χ2n) is 5.25. The van der Waals surface area contributed by atoms with Crippen LogP contribution < -0.4 is 5.32 Å². The van der Waals surface area contributed by atoms with E-state index in [9.17, 15) is 4.39 Å². The quantitative estimate of drug-likeness (QED) is 0.876. The van der Waals surface area contributed by atoms with Crippen LogP contribution in [0.25, 0.3) is 0 Å². The average Bonchev–Trinajstić information content (AvgIpc) is 2.40. The SMILES string of the molecule is C[C@@H](NCC1Cc2ccccc21)c1ccccc1F. The summed E-state index contributed by atoms with van der Waals surface area (Å²) < 4.78 is 13.7. The minimum Gasteiger partial charge on any atom is -0.309 e. The third kappa shape index (κ3) is 2.41. The molecule has 1 aliphatic carbocycles. The van der Waals surface area contributed by atoms with Gasteiger partial charge in [0.25, 0.3) is 0 Å². The normalized spacial score (nSPS) is 18.5. The lowest BCUT2D eigenvalue weighted by Crippen LogP contribution is -2.31. The Hall–Kier alpha value is -1.67. The maximum Gasteiger partial charge on any atom is 0.127 e. The van der Waals surface area contributed by atoms with Gasteiger partial charge in [0, 0.05) is 24.1 Å². The van der Waals surface area contributed by atoms with Crippen LogP contribution in [0, 0.1) is 5.82 Å². The fourth-order valence-corrected chi connectivity index (χ4v) is 2.80. The molecule has 0 amide bonds. The van der Waals surface area contributed by atoms with E-state index < -0.39 is 0 Å². The first kappa shape index (κ1) is 12.4. The molecule has 0 saturated heterocycles. The molecule has 0 aromatic heterocycles. The Labute approximate surface area is 113 Å². The lowest BCUT2D eigenvalue weighted by molar-refractivity contribution is 0.474. The van der Waals surface area contributed by atoms with E-state index in [0.717, 1.165) is 18.5 Å². The smallest absolute Gasteiger partial charge is 0.127 e. The van der Waals surface area contributed by atoms with Gasteiger partial charge < -0.3 is 5.32 Å². The Kier molecular flexibility index (Phi) is 3.34. The highest BCUT2D eigenvalue weighted by atomic mass is 19.1. The number of halogens is 1. The van der Waals surface area contributed by atoms with Crippen LogP contribution in [-0.4, -0.2) is 6.54 Å². The fraction of sp³-hybridized carbons (Fsp3) is 0.294. The van der Waals surface area contributed by atoms with E-state index in [0.29, 0.717) is 5.92 Å². The van der Waals surface area contributed by atoms with Crippen molar-refractivity contribution < 1.29 is 4.39 Å². The van der Waals surface area contributed by atoms with Crippen molar-refractivity contribution in [1.82, 2.24) is 5.32 Å². The molecule has 0 heterocycles. The van der Waals surface area contributed by atoms with Gasteiger partial charge in [-0.25, -0.2) is 4.39 Å². The highest BCUT2D eigenvalue weighted by molar-refractivity contribution is 5.40. The summed E-state index contributed by atoms with van der Waals surface area (Å²) >= 11 is 0. The average molecular weight is 255 g/mol. The Balaban J connectivity index is 1.61. The number of hydrogen-bond acceptors (Lipinski definition) is 1. The zero-order valence-corrected chi connectivity index (χ0v) is 11.1. The summed E-state index contributed by atoms with van der Waals surface area (Å²) in [4.78, 5) is 0. The molecule has 0 fully saturated rings. The first-order chi connectivity index (χ1) is 9.25. The van der Waals surface area contributed by atoms with Gasteiger partial charge in [0.05, 0.1) is 0 Å². The third-order valence-electron chi connectivity index (χ3n) is 4.00. The van der Waals surface area contributed by atoms with Crippen molar-refractivity contribution in [2.24, 2.45) is 0 Å². The minimum absolute atomic E-state index is 0.0500. The Morgan fingerprint density at radius 3 is 2.68 bits per heavy atom. The first-order valence-corrected chi connectivity index (χ1v) is 6.81. The van der Waals surface area contributed by atoms with Gasteiger partial charge >= 0.3 is 0 Å². The predicted molar refractivity (Wildman–Crippen MR) is 75.7 cm³/mol. The molecule has 0 spiro atoms. The van der Waals surface area contributed by atoms with E-state index in [1.807, 2.05) is 19.1 Å². The lowest BCUT2D eigenvalue weighted by Gasteiger charge is -2.31. The molecule has 2 heteroatoms. The third-order valence-corrected chi connectivity index (χ3v) is 4.00. The topological polar surface area (TPSA) is 12.0 Å². The summed E-state index contributed by atoms with van der Waals surface area (Å²) in [6.07, 6.45) is 1.13. The molecule has 2 aromatic carbocycles. The molecular weight excluding hydrogens is 237 g/mol. The summed E-state index contributed by atoms with van der Waals surface area (Å²) in [6.45, 7) is 2.93. The fourth-order valence-electron chi connectivity index (χ4n) is 2.80. The van der Waals surface area contributed by atoms with Gasteiger partial charge in [-0.15, -0.1) is 0 Å². The molecule has 0 radical (unpaired) electrons. The van der Waals surface area contributed by atoms with E-state index in [1.165, 1.54) is 17.2 Å². The number of nitrogens with one attached hydrogen (secondary N) is 1. The van der Waals surface area contributed by atoms with Crippen LogP contribution in [-0.2, 0) is 6.42 Å². The van der Waals surface area contributed by atoms with Gasteiger partial charge in [-0.3, -0.25) is 0 Å². The van der Waals surface area contributed by atoms with Crippen LogP contribution in [0.3, 0.4) is 0 Å². The zero-order valence-electron chi connectivity index (χ0n) is 11.1. The number of hydrogen-bond donors (Lipinski definition) is 1. The molecule has 1 aliphatic rings. The summed E-state index contributed by atoms with van der Waals surface area (Å²) in [5.41, 5.74) is 3.64. The summed E-state index contributed by atoms with van der Waals surface area (Å²) in [6, 6.07) is 15.6. The number of rotatable bonds is 4. The van der Waals surface area contributed by atoms with Crippen LogP contribution in [0.15, 0.2) is 48.5 Å². The molecule has 1 N–H and O–H groups in total. The van der Waals surface area contributed by atoms with E-state index in [4.69, 9.17) is 0 Å². The maximum atomic E-state index is 13.7. The standard InChI is InChI=1S/C17H18FN/c1-12(15-7-4-5-9-17(15)18)19-11-14-10-13-6-2-3-8-16(13)14/h2-9,12,14,19H,10-11H2,1H3/t12-,14?/m1/s1. The van der Waals surface area contributed by atoms with Crippen molar-refractivity contribution in [1.29, 1.82) is 0 Å². The second kappa shape index (κ2) is 5.14. The van der Waals surface area contributed by atoms with Crippen LogP contribution in [0.2, 0.25) is 0 Å². The van der Waals surface area contributed by atoms with Crippen LogP contribution >= 0.6 is 0 Å². The first-order valence-electron chi connectivity index (χ1n) is 6.81. The largest absolute Gasteiger partial charge is 0.309 e. The monoisotopic (exact) mass is 255 g/mol. The Bertz CT molecular complexity index is 579. The minimum atomic E-state index is -0.128. The molecule has 0 bridgehead atoms. The van der Waals surface area contributed by atoms with Crippen LogP contribution in [0.4, 0.5) is 4.39 Å². The van der Waals surface area contributed by atoms with Gasteiger partial charge in [-0.1, -0.05) is 42.5 Å². The highest BCUT2D eigenvalue weighted by Crippen LogP contribution is 2.34. The highest BCUT2D eigenvalue weighted by Gasteiger charge is 2.25. The molecule has 2 aromatic rings. The maximum absolute atomic E-state index is 13.7. The van der Waals surface area contributed by atoms with Gasteiger partial charge in [0.15, 0.2) is 0 Å². The van der Waals surface area contributed by atoms with Crippen molar-refractivity contribution in [3.63, 3.8) is 0 Å². The molecule has 98 valence electrons. The Morgan fingerprint density at radius 2 is 1.89 bits per heavy atom. The van der Waals surface area contributed by atoms with Gasteiger partial charge in [0.2, 0.25) is 0 Å². The molecule has 0 saturated carbocycles. The van der Waals surface area contributed by atoms with E-state index >= 15 is 0 Å². The second-order valence-corrected chi connectivity index (χ2v) is 5.25. The summed E-state index contributed by atoms with van der Waals surface area (Å²) in [5.74, 6) is 0.446. The molecule has 19 heavy (non-hydrogen) atoms. The lowest BCUT2D eigenvalue weighted by atomic mass is 9.77. The van der Waals surface area contributed by atoms with Crippen LogP contribution in [0.5, 0.6) is 0 Å². The van der Waals surface area contributed by atoms with Crippen molar-refractivity contribution in [2.75, 3.05) is 6.54 Å². The van der Waals surface area contributed by atoms with E-state index in [2.05, 4.69) is 29.6 Å². The zero-order chi connectivity index (χ0) is 13.2. The molecule has 0 aliphatic heterocycles. The van der Waals surface area contributed by atoms with Crippen molar-refractivity contribution in [2.45, 2.75) is 25.3 Å². The molecule has 3 rings (SSSR count). The summed E-state index contributed by atoms with van der Waals surface area (Å²) in [7, 11) is 0. The van der Waals surface area contributed by atoms with Gasteiger partial charge in [0.1, 0.15) is 5.82 Å². The summed E-state index contributed by atoms with van der Waals surface area (Å²) in [5, 5.41) is 3.44.